The smallest absolute Gasteiger partial charge is 0.313 e. The quantitative estimate of drug-likeness (QED) is 0.671. The summed E-state index contributed by atoms with van der Waals surface area (Å²) in [5.74, 6) is -1.46. The van der Waals surface area contributed by atoms with Crippen molar-refractivity contribution in [1.82, 2.24) is 9.62 Å². The van der Waals surface area contributed by atoms with Crippen LogP contribution in [0.15, 0.2) is 53.4 Å². The van der Waals surface area contributed by atoms with Crippen LogP contribution in [0.5, 0.6) is 0 Å². The van der Waals surface area contributed by atoms with Crippen LogP contribution in [0.3, 0.4) is 0 Å². The molecule has 8 heteroatoms. The van der Waals surface area contributed by atoms with Crippen LogP contribution in [0.1, 0.15) is 36.8 Å². The monoisotopic (exact) mass is 443 g/mol. The number of amides is 2. The van der Waals surface area contributed by atoms with Gasteiger partial charge in [0.15, 0.2) is 0 Å². The van der Waals surface area contributed by atoms with E-state index in [1.165, 1.54) is 4.31 Å². The molecule has 31 heavy (non-hydrogen) atoms. The minimum Gasteiger partial charge on any atom is -0.348 e. The molecule has 2 N–H and O–H groups in total. The molecule has 3 rings (SSSR count). The van der Waals surface area contributed by atoms with E-state index in [-0.39, 0.29) is 17.5 Å². The highest BCUT2D eigenvalue weighted by atomic mass is 32.2. The first-order valence-electron chi connectivity index (χ1n) is 10.5. The van der Waals surface area contributed by atoms with Gasteiger partial charge in [-0.1, -0.05) is 30.7 Å². The van der Waals surface area contributed by atoms with Crippen LogP contribution in [-0.2, 0) is 19.6 Å². The van der Waals surface area contributed by atoms with Gasteiger partial charge in [0.25, 0.3) is 0 Å². The van der Waals surface area contributed by atoms with Crippen molar-refractivity contribution in [3.63, 3.8) is 0 Å². The van der Waals surface area contributed by atoms with Gasteiger partial charge < -0.3 is 10.6 Å². The predicted octanol–water partition coefficient (Wildman–Crippen LogP) is 2.99. The third-order valence-electron chi connectivity index (χ3n) is 5.37. The number of benzene rings is 2. The van der Waals surface area contributed by atoms with Crippen LogP contribution in [0.2, 0.25) is 0 Å². The second-order valence-corrected chi connectivity index (χ2v) is 9.84. The zero-order valence-electron chi connectivity index (χ0n) is 17.9. The van der Waals surface area contributed by atoms with Crippen molar-refractivity contribution in [3.05, 3.63) is 59.7 Å². The second kappa shape index (κ2) is 10.1. The summed E-state index contributed by atoms with van der Waals surface area (Å²) in [5, 5.41) is 5.23. The Morgan fingerprint density at radius 3 is 2.35 bits per heavy atom. The number of nitrogens with one attached hydrogen (secondary N) is 2. The maximum Gasteiger partial charge on any atom is 0.313 e. The highest BCUT2D eigenvalue weighted by Crippen LogP contribution is 2.26. The van der Waals surface area contributed by atoms with E-state index in [9.17, 15) is 18.0 Å². The fourth-order valence-electron chi connectivity index (χ4n) is 3.97. The Kier molecular flexibility index (Phi) is 7.46. The van der Waals surface area contributed by atoms with E-state index in [2.05, 4.69) is 10.6 Å². The number of piperidine rings is 1. The summed E-state index contributed by atoms with van der Waals surface area (Å²) < 4.78 is 27.6. The van der Waals surface area contributed by atoms with Gasteiger partial charge in [-0.2, -0.15) is 4.31 Å². The van der Waals surface area contributed by atoms with Crippen molar-refractivity contribution in [3.8, 4) is 0 Å². The molecule has 1 atom stereocenters. The van der Waals surface area contributed by atoms with Gasteiger partial charge in [-0.25, -0.2) is 8.42 Å². The summed E-state index contributed by atoms with van der Waals surface area (Å²) in [4.78, 5) is 24.7. The summed E-state index contributed by atoms with van der Waals surface area (Å²) >= 11 is 0. The van der Waals surface area contributed by atoms with E-state index in [4.69, 9.17) is 0 Å². The Morgan fingerprint density at radius 1 is 1.00 bits per heavy atom. The Bertz CT molecular complexity index is 1020. The number of hydrogen-bond donors (Lipinski definition) is 2. The molecule has 2 aromatic rings. The fraction of sp³-hybridized carbons (Fsp3) is 0.391. The average molecular weight is 444 g/mol. The van der Waals surface area contributed by atoms with Crippen molar-refractivity contribution < 1.29 is 18.0 Å². The molecule has 0 saturated carbocycles. The fourth-order valence-corrected chi connectivity index (χ4v) is 5.72. The molecule has 1 saturated heterocycles. The Labute approximate surface area is 183 Å². The molecule has 2 amide bonds. The van der Waals surface area contributed by atoms with Crippen LogP contribution in [-0.4, -0.2) is 43.7 Å². The molecule has 1 heterocycles. The lowest BCUT2D eigenvalue weighted by molar-refractivity contribution is -0.136. The SMILES string of the molecule is Cc1cc(C)cc(NC(=O)C(=O)NCCC2CCCCN2S(=O)(=O)c2ccccc2)c1. The Balaban J connectivity index is 1.56. The van der Waals surface area contributed by atoms with E-state index in [1.54, 1.807) is 42.5 Å². The topological polar surface area (TPSA) is 95.6 Å². The predicted molar refractivity (Wildman–Crippen MR) is 120 cm³/mol. The normalized spacial score (nSPS) is 17.2. The van der Waals surface area contributed by atoms with Crippen LogP contribution in [0.4, 0.5) is 5.69 Å². The molecule has 2 aromatic carbocycles. The largest absolute Gasteiger partial charge is 0.348 e. The molecule has 0 aromatic heterocycles. The summed E-state index contributed by atoms with van der Waals surface area (Å²) in [6, 6.07) is 13.8. The molecule has 1 unspecified atom stereocenters. The summed E-state index contributed by atoms with van der Waals surface area (Å²) in [7, 11) is -3.59. The van der Waals surface area contributed by atoms with E-state index >= 15 is 0 Å². The number of carbonyl (C=O) groups excluding carboxylic acids is 2. The number of anilines is 1. The van der Waals surface area contributed by atoms with Gasteiger partial charge in [0.05, 0.1) is 4.90 Å². The zero-order chi connectivity index (χ0) is 22.4. The van der Waals surface area contributed by atoms with E-state index in [0.717, 1.165) is 30.4 Å². The van der Waals surface area contributed by atoms with Crippen LogP contribution >= 0.6 is 0 Å². The van der Waals surface area contributed by atoms with Crippen molar-refractivity contribution in [2.24, 2.45) is 0 Å². The van der Waals surface area contributed by atoms with Gasteiger partial charge in [-0.05, 0) is 68.5 Å². The van der Waals surface area contributed by atoms with Crippen LogP contribution < -0.4 is 10.6 Å². The van der Waals surface area contributed by atoms with Crippen molar-refractivity contribution in [1.29, 1.82) is 0 Å². The third kappa shape index (κ3) is 5.92. The molecular weight excluding hydrogens is 414 g/mol. The van der Waals surface area contributed by atoms with Crippen molar-refractivity contribution in [2.45, 2.75) is 50.5 Å². The molecule has 1 fully saturated rings. The van der Waals surface area contributed by atoms with Gasteiger partial charge in [0, 0.05) is 24.8 Å². The molecule has 1 aliphatic heterocycles. The lowest BCUT2D eigenvalue weighted by Gasteiger charge is -2.34. The average Bonchev–Trinajstić information content (AvgIpc) is 2.73. The maximum absolute atomic E-state index is 13.0. The number of rotatable bonds is 6. The lowest BCUT2D eigenvalue weighted by atomic mass is 10.0. The van der Waals surface area contributed by atoms with E-state index < -0.39 is 21.8 Å². The summed E-state index contributed by atoms with van der Waals surface area (Å²) in [6.07, 6.45) is 2.94. The van der Waals surface area contributed by atoms with Gasteiger partial charge >= 0.3 is 11.8 Å². The Hall–Kier alpha value is -2.71. The standard InChI is InChI=1S/C23H29N3O4S/c1-17-14-18(2)16-19(15-17)25-23(28)22(27)24-12-11-20-8-6-7-13-26(20)31(29,30)21-9-4-3-5-10-21/h3-5,9-10,14-16,20H,6-8,11-13H2,1-2H3,(H,24,27)(H,25,28). The first kappa shape index (κ1) is 23.0. The Morgan fingerprint density at radius 2 is 1.68 bits per heavy atom. The summed E-state index contributed by atoms with van der Waals surface area (Å²) in [6.45, 7) is 4.53. The molecule has 7 nitrogen and oxygen atoms in total. The third-order valence-corrected chi connectivity index (χ3v) is 7.34. The molecule has 0 spiro atoms. The first-order valence-corrected chi connectivity index (χ1v) is 12.0. The molecule has 0 bridgehead atoms. The molecule has 0 aliphatic carbocycles. The number of sulfonamides is 1. The second-order valence-electron chi connectivity index (χ2n) is 7.95. The highest BCUT2D eigenvalue weighted by molar-refractivity contribution is 7.89. The minimum atomic E-state index is -3.59. The first-order chi connectivity index (χ1) is 14.8. The summed E-state index contributed by atoms with van der Waals surface area (Å²) in [5.41, 5.74) is 2.56. The van der Waals surface area contributed by atoms with Crippen LogP contribution in [0, 0.1) is 13.8 Å². The number of aryl methyl sites for hydroxylation is 2. The van der Waals surface area contributed by atoms with E-state index in [0.29, 0.717) is 18.7 Å². The van der Waals surface area contributed by atoms with E-state index in [1.807, 2.05) is 19.9 Å². The van der Waals surface area contributed by atoms with Gasteiger partial charge in [0.2, 0.25) is 10.0 Å². The zero-order valence-corrected chi connectivity index (χ0v) is 18.7. The molecule has 1 aliphatic rings. The maximum atomic E-state index is 13.0. The lowest BCUT2D eigenvalue weighted by Crippen LogP contribution is -2.45. The van der Waals surface area contributed by atoms with Gasteiger partial charge in [-0.15, -0.1) is 0 Å². The van der Waals surface area contributed by atoms with Crippen molar-refractivity contribution >= 4 is 27.5 Å². The minimum absolute atomic E-state index is 0.207. The van der Waals surface area contributed by atoms with Crippen LogP contribution in [0.25, 0.3) is 0 Å². The number of hydrogen-bond acceptors (Lipinski definition) is 4. The highest BCUT2D eigenvalue weighted by Gasteiger charge is 2.33. The molecule has 0 radical (unpaired) electrons. The number of nitrogens with zero attached hydrogens (tertiary/aromatic N) is 1. The van der Waals surface area contributed by atoms with Crippen molar-refractivity contribution in [2.75, 3.05) is 18.4 Å². The van der Waals surface area contributed by atoms with Gasteiger partial charge in [0.1, 0.15) is 0 Å². The molecule has 166 valence electrons. The van der Waals surface area contributed by atoms with Gasteiger partial charge in [-0.3, -0.25) is 9.59 Å². The number of carbonyl (C=O) groups is 2. The molecular formula is C23H29N3O4S.